The Hall–Kier alpha value is -2.47. The van der Waals surface area contributed by atoms with Crippen molar-refractivity contribution >= 4 is 22.2 Å². The summed E-state index contributed by atoms with van der Waals surface area (Å²) in [5.41, 5.74) is 3.41. The smallest absolute Gasteiger partial charge is 0.271 e. The lowest BCUT2D eigenvalue weighted by Crippen LogP contribution is -2.35. The molecule has 2 heterocycles. The lowest BCUT2D eigenvalue weighted by atomic mass is 9.87. The van der Waals surface area contributed by atoms with Crippen molar-refractivity contribution in [2.24, 2.45) is 0 Å². The van der Waals surface area contributed by atoms with E-state index in [0.717, 1.165) is 50.6 Å². The van der Waals surface area contributed by atoms with Crippen LogP contribution in [0.25, 0.3) is 4.96 Å². The number of carbonyl (C=O) groups is 1. The summed E-state index contributed by atoms with van der Waals surface area (Å²) in [4.78, 5) is 32.3. The third-order valence-electron chi connectivity index (χ3n) is 5.72. The largest absolute Gasteiger partial charge is 0.345 e. The second-order valence-electron chi connectivity index (χ2n) is 7.39. The van der Waals surface area contributed by atoms with Crippen molar-refractivity contribution in [2.75, 3.05) is 0 Å². The molecule has 2 aromatic heterocycles. The van der Waals surface area contributed by atoms with E-state index in [4.69, 9.17) is 0 Å². The summed E-state index contributed by atoms with van der Waals surface area (Å²) in [7, 11) is 0. The highest BCUT2D eigenvalue weighted by Crippen LogP contribution is 2.30. The Labute approximate surface area is 161 Å². The van der Waals surface area contributed by atoms with Crippen LogP contribution >= 0.6 is 11.3 Å². The molecule has 6 heteroatoms. The van der Waals surface area contributed by atoms with Crippen molar-refractivity contribution in [3.05, 3.63) is 68.1 Å². The van der Waals surface area contributed by atoms with Crippen molar-refractivity contribution in [3.63, 3.8) is 0 Å². The molecule has 3 aromatic rings. The number of amides is 1. The molecule has 0 bridgehead atoms. The molecule has 0 spiro atoms. The van der Waals surface area contributed by atoms with Gasteiger partial charge in [0.1, 0.15) is 5.56 Å². The fourth-order valence-corrected chi connectivity index (χ4v) is 5.53. The average Bonchev–Trinajstić information content (AvgIpc) is 3.08. The van der Waals surface area contributed by atoms with Crippen LogP contribution in [0.4, 0.5) is 0 Å². The highest BCUT2D eigenvalue weighted by molar-refractivity contribution is 7.17. The number of benzene rings is 1. The number of hydrogen-bond acceptors (Lipinski definition) is 4. The minimum Gasteiger partial charge on any atom is -0.345 e. The van der Waals surface area contributed by atoms with Gasteiger partial charge in [0.15, 0.2) is 4.96 Å². The zero-order chi connectivity index (χ0) is 18.4. The Morgan fingerprint density at radius 1 is 1.15 bits per heavy atom. The molecule has 0 fully saturated rings. The fraction of sp³-hybridized carbons (Fsp3) is 0.381. The predicted octanol–water partition coefficient (Wildman–Crippen LogP) is 3.44. The Bertz CT molecular complexity index is 1100. The number of nitrogens with zero attached hydrogens (tertiary/aromatic N) is 2. The van der Waals surface area contributed by atoms with E-state index in [0.29, 0.717) is 4.96 Å². The van der Waals surface area contributed by atoms with Gasteiger partial charge in [0.05, 0.1) is 6.04 Å². The molecule has 1 aromatic carbocycles. The monoisotopic (exact) mass is 379 g/mol. The maximum Gasteiger partial charge on any atom is 0.271 e. The summed E-state index contributed by atoms with van der Waals surface area (Å²) in [6.07, 6.45) is 8.55. The molecule has 138 valence electrons. The molecular weight excluding hydrogens is 358 g/mol. The minimum absolute atomic E-state index is 0.0427. The van der Waals surface area contributed by atoms with Crippen molar-refractivity contribution in [2.45, 2.75) is 51.0 Å². The van der Waals surface area contributed by atoms with Crippen LogP contribution in [0.15, 0.2) is 35.3 Å². The number of rotatable bonds is 2. The van der Waals surface area contributed by atoms with Crippen LogP contribution in [0.3, 0.4) is 0 Å². The Morgan fingerprint density at radius 3 is 2.93 bits per heavy atom. The lowest BCUT2D eigenvalue weighted by Gasteiger charge is -2.26. The van der Waals surface area contributed by atoms with Gasteiger partial charge in [-0.1, -0.05) is 24.3 Å². The van der Waals surface area contributed by atoms with Gasteiger partial charge >= 0.3 is 0 Å². The Balaban J connectivity index is 1.50. The lowest BCUT2D eigenvalue weighted by molar-refractivity contribution is 0.0930. The summed E-state index contributed by atoms with van der Waals surface area (Å²) in [6.45, 7) is 0. The third kappa shape index (κ3) is 2.79. The summed E-state index contributed by atoms with van der Waals surface area (Å²) >= 11 is 1.58. The molecule has 1 N–H and O–H groups in total. The number of aromatic nitrogens is 2. The molecule has 0 radical (unpaired) electrons. The summed E-state index contributed by atoms with van der Waals surface area (Å²) in [5, 5.41) is 3.08. The zero-order valence-corrected chi connectivity index (χ0v) is 15.8. The molecule has 2 aliphatic carbocycles. The van der Waals surface area contributed by atoms with Crippen molar-refractivity contribution in [1.82, 2.24) is 14.7 Å². The first kappa shape index (κ1) is 16.7. The Kier molecular flexibility index (Phi) is 4.08. The van der Waals surface area contributed by atoms with Crippen LogP contribution in [0.5, 0.6) is 0 Å². The second kappa shape index (κ2) is 6.60. The second-order valence-corrected chi connectivity index (χ2v) is 8.45. The first-order valence-electron chi connectivity index (χ1n) is 9.63. The molecule has 5 nitrogen and oxygen atoms in total. The predicted molar refractivity (Wildman–Crippen MR) is 106 cm³/mol. The molecule has 1 unspecified atom stereocenters. The maximum absolute atomic E-state index is 13.1. The quantitative estimate of drug-likeness (QED) is 0.742. The molecular formula is C21H21N3O2S. The van der Waals surface area contributed by atoms with E-state index >= 15 is 0 Å². The van der Waals surface area contributed by atoms with E-state index < -0.39 is 0 Å². The number of nitrogens with one attached hydrogen (secondary N) is 1. The number of hydrogen-bond donors (Lipinski definition) is 1. The van der Waals surface area contributed by atoms with Gasteiger partial charge in [-0.3, -0.25) is 14.0 Å². The van der Waals surface area contributed by atoms with Gasteiger partial charge in [-0.05, 0) is 56.1 Å². The molecule has 1 amide bonds. The molecule has 5 rings (SSSR count). The molecule has 0 aliphatic heterocycles. The first-order chi connectivity index (χ1) is 13.2. The van der Waals surface area contributed by atoms with E-state index in [9.17, 15) is 9.59 Å². The standard InChI is InChI=1S/C21H21N3O2S/c25-19(23-16-9-5-7-13-6-1-2-8-14(13)16)15-12-22-21-24(20(15)26)17-10-3-4-11-18(17)27-21/h1-2,6,8,12,16H,3-5,7,9-11H2,(H,23,25). The van der Waals surface area contributed by atoms with Crippen LogP contribution in [-0.4, -0.2) is 15.3 Å². The number of carbonyl (C=O) groups excluding carboxylic acids is 1. The van der Waals surface area contributed by atoms with Crippen molar-refractivity contribution in [3.8, 4) is 0 Å². The van der Waals surface area contributed by atoms with E-state index in [1.54, 1.807) is 15.7 Å². The molecule has 0 saturated heterocycles. The van der Waals surface area contributed by atoms with Crippen molar-refractivity contribution < 1.29 is 4.79 Å². The van der Waals surface area contributed by atoms with E-state index in [1.807, 2.05) is 12.1 Å². The SMILES string of the molecule is O=C(NC1CCCc2ccccc21)c1cnc2sc3c(n2c1=O)CCCC3. The summed E-state index contributed by atoms with van der Waals surface area (Å²) in [6, 6.07) is 8.19. The average molecular weight is 379 g/mol. The first-order valence-corrected chi connectivity index (χ1v) is 10.4. The van der Waals surface area contributed by atoms with Crippen LogP contribution in [0.2, 0.25) is 0 Å². The number of aryl methyl sites for hydroxylation is 3. The van der Waals surface area contributed by atoms with Crippen LogP contribution in [0, 0.1) is 0 Å². The molecule has 2 aliphatic rings. The summed E-state index contributed by atoms with van der Waals surface area (Å²) in [5.74, 6) is -0.320. The fourth-order valence-electron chi connectivity index (χ4n) is 4.36. The van der Waals surface area contributed by atoms with Gasteiger partial charge in [0.25, 0.3) is 11.5 Å². The van der Waals surface area contributed by atoms with Gasteiger partial charge in [-0.25, -0.2) is 4.98 Å². The van der Waals surface area contributed by atoms with Gasteiger partial charge < -0.3 is 5.32 Å². The van der Waals surface area contributed by atoms with Gasteiger partial charge in [0, 0.05) is 16.8 Å². The molecule has 1 atom stereocenters. The highest BCUT2D eigenvalue weighted by atomic mass is 32.1. The van der Waals surface area contributed by atoms with Crippen LogP contribution < -0.4 is 10.9 Å². The molecule has 27 heavy (non-hydrogen) atoms. The summed E-state index contributed by atoms with van der Waals surface area (Å²) < 4.78 is 1.67. The van der Waals surface area contributed by atoms with Crippen LogP contribution in [-0.2, 0) is 19.3 Å². The van der Waals surface area contributed by atoms with Crippen LogP contribution in [0.1, 0.15) is 63.8 Å². The van der Waals surface area contributed by atoms with Gasteiger partial charge in [0.2, 0.25) is 0 Å². The van der Waals surface area contributed by atoms with Gasteiger partial charge in [-0.15, -0.1) is 11.3 Å². The van der Waals surface area contributed by atoms with E-state index in [2.05, 4.69) is 22.4 Å². The zero-order valence-electron chi connectivity index (χ0n) is 15.0. The maximum atomic E-state index is 13.1. The van der Waals surface area contributed by atoms with Crippen molar-refractivity contribution in [1.29, 1.82) is 0 Å². The normalized spacial score (nSPS) is 18.7. The number of thiazole rings is 1. The highest BCUT2D eigenvalue weighted by Gasteiger charge is 2.25. The number of fused-ring (bicyclic) bond motifs is 4. The van der Waals surface area contributed by atoms with E-state index in [1.165, 1.54) is 22.2 Å². The topological polar surface area (TPSA) is 63.5 Å². The molecule has 0 saturated carbocycles. The Morgan fingerprint density at radius 2 is 2.00 bits per heavy atom. The minimum atomic E-state index is -0.320. The third-order valence-corrected chi connectivity index (χ3v) is 6.88. The van der Waals surface area contributed by atoms with E-state index in [-0.39, 0.29) is 23.1 Å². The van der Waals surface area contributed by atoms with Gasteiger partial charge in [-0.2, -0.15) is 0 Å².